The molecule has 2 fully saturated rings. The van der Waals surface area contributed by atoms with E-state index in [-0.39, 0.29) is 5.91 Å². The van der Waals surface area contributed by atoms with Gasteiger partial charge in [0.25, 0.3) is 0 Å². The first-order valence-corrected chi connectivity index (χ1v) is 9.20. The second kappa shape index (κ2) is 7.74. The van der Waals surface area contributed by atoms with Crippen molar-refractivity contribution in [1.29, 1.82) is 0 Å². The molecule has 1 saturated heterocycles. The fourth-order valence-electron chi connectivity index (χ4n) is 4.53. The molecule has 1 aromatic carbocycles. The summed E-state index contributed by atoms with van der Waals surface area (Å²) in [6, 6.07) is 4.45. The van der Waals surface area contributed by atoms with Gasteiger partial charge in [0.05, 0.1) is 21.3 Å². The lowest BCUT2D eigenvalue weighted by Crippen LogP contribution is -2.39. The van der Waals surface area contributed by atoms with Crippen molar-refractivity contribution in [3.8, 4) is 17.2 Å². The Hall–Kier alpha value is -1.95. The van der Waals surface area contributed by atoms with Crippen LogP contribution in [0.3, 0.4) is 0 Å². The van der Waals surface area contributed by atoms with Crippen LogP contribution in [-0.2, 0) is 11.3 Å². The van der Waals surface area contributed by atoms with E-state index in [0.29, 0.717) is 35.8 Å². The highest BCUT2D eigenvalue weighted by Gasteiger charge is 2.41. The van der Waals surface area contributed by atoms with E-state index >= 15 is 0 Å². The minimum atomic E-state index is 0.288. The Morgan fingerprint density at radius 1 is 1.08 bits per heavy atom. The van der Waals surface area contributed by atoms with E-state index in [0.717, 1.165) is 37.2 Å². The predicted molar refractivity (Wildman–Crippen MR) is 99.8 cm³/mol. The van der Waals surface area contributed by atoms with Crippen molar-refractivity contribution in [1.82, 2.24) is 9.80 Å². The molecule has 1 saturated carbocycles. The molecule has 0 unspecified atom stereocenters. The first-order chi connectivity index (χ1) is 12.5. The van der Waals surface area contributed by atoms with Crippen molar-refractivity contribution in [3.05, 3.63) is 17.7 Å². The summed E-state index contributed by atoms with van der Waals surface area (Å²) in [5.74, 6) is 3.47. The number of hydrogen-bond acceptors (Lipinski definition) is 5. The van der Waals surface area contributed by atoms with Gasteiger partial charge in [0, 0.05) is 38.2 Å². The molecule has 1 aromatic rings. The minimum absolute atomic E-state index is 0.288. The Morgan fingerprint density at radius 3 is 2.42 bits per heavy atom. The molecule has 1 aliphatic carbocycles. The van der Waals surface area contributed by atoms with E-state index in [1.807, 2.05) is 24.1 Å². The monoisotopic (exact) mass is 362 g/mol. The average Bonchev–Trinajstić information content (AvgIpc) is 3.04. The quantitative estimate of drug-likeness (QED) is 0.778. The molecule has 144 valence electrons. The number of hydrogen-bond donors (Lipinski definition) is 0. The largest absolute Gasteiger partial charge is 0.493 e. The zero-order chi connectivity index (χ0) is 18.8. The Balaban J connectivity index is 1.73. The number of nitrogens with zero attached hydrogens (tertiary/aromatic N) is 2. The Kier molecular flexibility index (Phi) is 5.61. The van der Waals surface area contributed by atoms with Crippen LogP contribution in [0.1, 0.15) is 24.8 Å². The van der Waals surface area contributed by atoms with E-state index in [1.54, 1.807) is 21.3 Å². The summed E-state index contributed by atoms with van der Waals surface area (Å²) in [6.45, 7) is 1.67. The molecule has 2 aliphatic rings. The highest BCUT2D eigenvalue weighted by Crippen LogP contribution is 2.43. The van der Waals surface area contributed by atoms with Crippen LogP contribution in [0.15, 0.2) is 12.1 Å². The van der Waals surface area contributed by atoms with Gasteiger partial charge in [-0.3, -0.25) is 9.69 Å². The first-order valence-electron chi connectivity index (χ1n) is 9.20. The molecule has 6 nitrogen and oxygen atoms in total. The molecule has 3 rings (SSSR count). The molecule has 26 heavy (non-hydrogen) atoms. The summed E-state index contributed by atoms with van der Waals surface area (Å²) in [5, 5.41) is 0. The van der Waals surface area contributed by atoms with Gasteiger partial charge in [0.2, 0.25) is 11.7 Å². The fourth-order valence-corrected chi connectivity index (χ4v) is 4.53. The second-order valence-electron chi connectivity index (χ2n) is 7.53. The standard InChI is InChI=1S/C20H30N2O4/c1-21(16-8-14-10-18(23)22(2)12-15(14)9-16)11-13-6-7-17(24-3)20(26-5)19(13)25-4/h6-7,14-16H,8-12H2,1-5H3/t14-,15+,16-/m1/s1. The predicted octanol–water partition coefficient (Wildman–Crippen LogP) is 2.40. The molecule has 1 amide bonds. The normalized spacial score (nSPS) is 25.4. The number of amides is 1. The van der Waals surface area contributed by atoms with E-state index in [4.69, 9.17) is 14.2 Å². The highest BCUT2D eigenvalue weighted by atomic mass is 16.5. The Morgan fingerprint density at radius 2 is 1.77 bits per heavy atom. The third kappa shape index (κ3) is 3.47. The van der Waals surface area contributed by atoms with Crippen LogP contribution < -0.4 is 14.2 Å². The number of benzene rings is 1. The maximum atomic E-state index is 12.0. The number of carbonyl (C=O) groups excluding carboxylic acids is 1. The lowest BCUT2D eigenvalue weighted by Gasteiger charge is -2.31. The van der Waals surface area contributed by atoms with Crippen LogP contribution in [0, 0.1) is 11.8 Å². The molecule has 0 radical (unpaired) electrons. The summed E-state index contributed by atoms with van der Waals surface area (Å²) < 4.78 is 16.5. The van der Waals surface area contributed by atoms with Crippen LogP contribution in [0.2, 0.25) is 0 Å². The third-order valence-corrected chi connectivity index (χ3v) is 6.02. The number of methoxy groups -OCH3 is 3. The minimum Gasteiger partial charge on any atom is -0.493 e. The summed E-state index contributed by atoms with van der Waals surface area (Å²) in [4.78, 5) is 16.3. The maximum absolute atomic E-state index is 12.0. The number of rotatable bonds is 6. The van der Waals surface area contributed by atoms with Gasteiger partial charge in [-0.05, 0) is 37.8 Å². The summed E-state index contributed by atoms with van der Waals surface area (Å²) in [6.07, 6.45) is 2.94. The van der Waals surface area contributed by atoms with Crippen molar-refractivity contribution in [3.63, 3.8) is 0 Å². The van der Waals surface area contributed by atoms with Gasteiger partial charge in [-0.1, -0.05) is 6.07 Å². The van der Waals surface area contributed by atoms with Crippen molar-refractivity contribution in [2.45, 2.75) is 31.8 Å². The summed E-state index contributed by atoms with van der Waals surface area (Å²) in [7, 11) is 8.99. The average molecular weight is 362 g/mol. The third-order valence-electron chi connectivity index (χ3n) is 6.02. The lowest BCUT2D eigenvalue weighted by molar-refractivity contribution is -0.134. The number of likely N-dealkylation sites (tertiary alicyclic amines) is 1. The van der Waals surface area contributed by atoms with E-state index < -0.39 is 0 Å². The summed E-state index contributed by atoms with van der Waals surface area (Å²) in [5.41, 5.74) is 1.08. The molecule has 0 spiro atoms. The van der Waals surface area contributed by atoms with Gasteiger partial charge in [0.15, 0.2) is 11.5 Å². The van der Waals surface area contributed by atoms with Gasteiger partial charge in [0.1, 0.15) is 0 Å². The van der Waals surface area contributed by atoms with E-state index in [9.17, 15) is 4.79 Å². The molecule has 0 bridgehead atoms. The molecule has 0 N–H and O–H groups in total. The molecule has 1 aliphatic heterocycles. The van der Waals surface area contributed by atoms with Crippen LogP contribution in [0.25, 0.3) is 0 Å². The highest BCUT2D eigenvalue weighted by molar-refractivity contribution is 5.77. The van der Waals surface area contributed by atoms with Crippen LogP contribution in [0.4, 0.5) is 0 Å². The molecular weight excluding hydrogens is 332 g/mol. The maximum Gasteiger partial charge on any atom is 0.222 e. The number of ether oxygens (including phenoxy) is 3. The van der Waals surface area contributed by atoms with Crippen LogP contribution in [0.5, 0.6) is 17.2 Å². The Bertz CT molecular complexity index is 663. The molecule has 3 atom stereocenters. The topological polar surface area (TPSA) is 51.2 Å². The molecule has 6 heteroatoms. The fraction of sp³-hybridized carbons (Fsp3) is 0.650. The first kappa shape index (κ1) is 18.8. The zero-order valence-electron chi connectivity index (χ0n) is 16.4. The number of carbonyl (C=O) groups is 1. The van der Waals surface area contributed by atoms with Crippen molar-refractivity contribution < 1.29 is 19.0 Å². The van der Waals surface area contributed by atoms with Crippen molar-refractivity contribution in [2.75, 3.05) is 42.0 Å². The molecular formula is C20H30N2O4. The summed E-state index contributed by atoms with van der Waals surface area (Å²) >= 11 is 0. The Labute approximate surface area is 156 Å². The lowest BCUT2D eigenvalue weighted by atomic mass is 9.88. The van der Waals surface area contributed by atoms with E-state index in [2.05, 4.69) is 11.9 Å². The second-order valence-corrected chi connectivity index (χ2v) is 7.53. The number of fused-ring (bicyclic) bond motifs is 1. The number of piperidine rings is 1. The zero-order valence-corrected chi connectivity index (χ0v) is 16.4. The van der Waals surface area contributed by atoms with Gasteiger partial charge < -0.3 is 19.1 Å². The SMILES string of the molecule is COc1ccc(CN(C)[C@@H]2C[C@@H]3CC(=O)N(C)C[C@@H]3C2)c(OC)c1OC. The van der Waals surface area contributed by atoms with Gasteiger partial charge >= 0.3 is 0 Å². The van der Waals surface area contributed by atoms with Gasteiger partial charge in [-0.25, -0.2) is 0 Å². The van der Waals surface area contributed by atoms with Crippen molar-refractivity contribution >= 4 is 5.91 Å². The molecule has 1 heterocycles. The smallest absolute Gasteiger partial charge is 0.222 e. The van der Waals surface area contributed by atoms with Gasteiger partial charge in [-0.15, -0.1) is 0 Å². The van der Waals surface area contributed by atoms with Crippen LogP contribution in [-0.4, -0.2) is 63.7 Å². The molecule has 0 aromatic heterocycles. The van der Waals surface area contributed by atoms with Crippen LogP contribution >= 0.6 is 0 Å². The van der Waals surface area contributed by atoms with Gasteiger partial charge in [-0.2, -0.15) is 0 Å². The van der Waals surface area contributed by atoms with E-state index in [1.165, 1.54) is 0 Å². The van der Waals surface area contributed by atoms with Crippen molar-refractivity contribution in [2.24, 2.45) is 11.8 Å².